The lowest BCUT2D eigenvalue weighted by Gasteiger charge is -2.12. The Morgan fingerprint density at radius 3 is 2.08 bits per heavy atom. The first-order chi connectivity index (χ1) is 5.85. The third-order valence-corrected chi connectivity index (χ3v) is 5.51. The minimum Gasteiger partial charge on any atom is -0.197 e. The van der Waals surface area contributed by atoms with E-state index in [1.165, 1.54) is 5.75 Å². The van der Waals surface area contributed by atoms with Gasteiger partial charge in [0.05, 0.1) is 0 Å². The summed E-state index contributed by atoms with van der Waals surface area (Å²) >= 11 is 16.6. The van der Waals surface area contributed by atoms with Gasteiger partial charge in [0.15, 0.2) is 0 Å². The van der Waals surface area contributed by atoms with E-state index in [0.717, 1.165) is 28.8 Å². The molecule has 0 aromatic heterocycles. The van der Waals surface area contributed by atoms with Crippen molar-refractivity contribution in [3.63, 3.8) is 0 Å². The zero-order valence-corrected chi connectivity index (χ0v) is 12.8. The summed E-state index contributed by atoms with van der Waals surface area (Å²) in [6, 6.07) is 0. The van der Waals surface area contributed by atoms with Crippen LogP contribution in [0.15, 0.2) is 0 Å². The molecule has 0 radical (unpaired) electrons. The third kappa shape index (κ3) is 12.0. The summed E-state index contributed by atoms with van der Waals surface area (Å²) < 4.78 is 0. The molecular formula is C7H18S6. The molecule has 0 amide bonds. The van der Waals surface area contributed by atoms with Crippen LogP contribution in [0, 0.1) is 0 Å². The highest BCUT2D eigenvalue weighted by molar-refractivity contribution is 8.04. The second-order valence-electron chi connectivity index (χ2n) is 2.20. The average Bonchev–Trinajstić information content (AvgIpc) is 2.11. The Balaban J connectivity index is 0. The summed E-state index contributed by atoms with van der Waals surface area (Å²) in [6.45, 7) is 0. The standard InChI is InChI=1S/C7H16S5.H2S/c8-1-3-11-6-7(5-10)12-4-2-9;/h7-10H,1-6H2;1H2. The molecule has 0 saturated heterocycles. The Hall–Kier alpha value is 2.10. The van der Waals surface area contributed by atoms with Gasteiger partial charge in [0, 0.05) is 28.3 Å². The van der Waals surface area contributed by atoms with E-state index in [1.807, 2.05) is 23.5 Å². The van der Waals surface area contributed by atoms with E-state index in [-0.39, 0.29) is 13.5 Å². The van der Waals surface area contributed by atoms with Crippen molar-refractivity contribution >= 4 is 74.9 Å². The van der Waals surface area contributed by atoms with Crippen molar-refractivity contribution in [2.45, 2.75) is 5.25 Å². The van der Waals surface area contributed by atoms with Crippen molar-refractivity contribution in [2.24, 2.45) is 0 Å². The van der Waals surface area contributed by atoms with E-state index >= 15 is 0 Å². The van der Waals surface area contributed by atoms with Gasteiger partial charge in [0.1, 0.15) is 0 Å². The minimum absolute atomic E-state index is 0. The van der Waals surface area contributed by atoms with Gasteiger partial charge in [-0.15, -0.1) is 0 Å². The second kappa shape index (κ2) is 14.1. The molecule has 0 aliphatic rings. The second-order valence-corrected chi connectivity index (χ2v) is 6.02. The van der Waals surface area contributed by atoms with Crippen molar-refractivity contribution in [3.8, 4) is 0 Å². The van der Waals surface area contributed by atoms with E-state index < -0.39 is 0 Å². The topological polar surface area (TPSA) is 0 Å². The SMILES string of the molecule is S.SCCSCC(CS)SCCS. The Morgan fingerprint density at radius 1 is 1.00 bits per heavy atom. The molecule has 0 heterocycles. The summed E-state index contributed by atoms with van der Waals surface area (Å²) in [5.41, 5.74) is 0. The van der Waals surface area contributed by atoms with Crippen LogP contribution in [0.25, 0.3) is 0 Å². The number of thiol groups is 3. The van der Waals surface area contributed by atoms with Gasteiger partial charge >= 0.3 is 0 Å². The highest BCUT2D eigenvalue weighted by Crippen LogP contribution is 2.18. The molecule has 1 atom stereocenters. The van der Waals surface area contributed by atoms with Crippen LogP contribution >= 0.6 is 74.9 Å². The lowest BCUT2D eigenvalue weighted by molar-refractivity contribution is 1.15. The predicted octanol–water partition coefficient (Wildman–Crippen LogP) is 2.72. The number of rotatable bonds is 8. The molecule has 0 spiro atoms. The fraction of sp³-hybridized carbons (Fsp3) is 1.00. The molecule has 0 aliphatic heterocycles. The van der Waals surface area contributed by atoms with E-state index in [9.17, 15) is 0 Å². The molecule has 0 aromatic rings. The summed E-state index contributed by atoms with van der Waals surface area (Å²) in [4.78, 5) is 0. The average molecular weight is 295 g/mol. The van der Waals surface area contributed by atoms with Gasteiger partial charge in [-0.3, -0.25) is 0 Å². The number of hydrogen-bond acceptors (Lipinski definition) is 5. The fourth-order valence-corrected chi connectivity index (χ4v) is 3.87. The third-order valence-electron chi connectivity index (χ3n) is 1.19. The van der Waals surface area contributed by atoms with Gasteiger partial charge in [0.2, 0.25) is 0 Å². The van der Waals surface area contributed by atoms with Crippen LogP contribution in [0.4, 0.5) is 0 Å². The quantitative estimate of drug-likeness (QED) is 0.465. The van der Waals surface area contributed by atoms with Crippen LogP contribution in [0.3, 0.4) is 0 Å². The molecule has 82 valence electrons. The van der Waals surface area contributed by atoms with Crippen LogP contribution in [-0.2, 0) is 0 Å². The van der Waals surface area contributed by atoms with Gasteiger partial charge < -0.3 is 0 Å². The van der Waals surface area contributed by atoms with E-state index in [0.29, 0.717) is 5.25 Å². The fourth-order valence-electron chi connectivity index (χ4n) is 0.652. The lowest BCUT2D eigenvalue weighted by Crippen LogP contribution is -2.10. The first-order valence-electron chi connectivity index (χ1n) is 3.87. The largest absolute Gasteiger partial charge is 0.197 e. The number of thioether (sulfide) groups is 2. The van der Waals surface area contributed by atoms with Crippen molar-refractivity contribution in [3.05, 3.63) is 0 Å². The number of hydrogen-bond donors (Lipinski definition) is 3. The molecule has 0 rings (SSSR count). The summed E-state index contributed by atoms with van der Waals surface area (Å²) in [6.07, 6.45) is 0. The van der Waals surface area contributed by atoms with Crippen LogP contribution in [0.2, 0.25) is 0 Å². The highest BCUT2D eigenvalue weighted by Gasteiger charge is 2.05. The summed E-state index contributed by atoms with van der Waals surface area (Å²) in [7, 11) is 0. The van der Waals surface area contributed by atoms with E-state index in [4.69, 9.17) is 0 Å². The lowest BCUT2D eigenvalue weighted by atomic mass is 10.5. The molecule has 0 aliphatic carbocycles. The molecule has 1 unspecified atom stereocenters. The molecule has 0 fully saturated rings. The molecular weight excluding hydrogens is 276 g/mol. The maximum atomic E-state index is 4.31. The van der Waals surface area contributed by atoms with Crippen LogP contribution in [0.5, 0.6) is 0 Å². The molecule has 6 heteroatoms. The molecule has 13 heavy (non-hydrogen) atoms. The van der Waals surface area contributed by atoms with Crippen molar-refractivity contribution in [1.29, 1.82) is 0 Å². The zero-order chi connectivity index (χ0) is 9.23. The Morgan fingerprint density at radius 2 is 1.62 bits per heavy atom. The first-order valence-corrected chi connectivity index (χ1v) is 7.97. The van der Waals surface area contributed by atoms with Crippen molar-refractivity contribution < 1.29 is 0 Å². The van der Waals surface area contributed by atoms with Gasteiger partial charge in [-0.2, -0.15) is 74.9 Å². The van der Waals surface area contributed by atoms with Crippen LogP contribution in [0.1, 0.15) is 0 Å². The highest BCUT2D eigenvalue weighted by atomic mass is 32.2. The van der Waals surface area contributed by atoms with Gasteiger partial charge in [-0.25, -0.2) is 0 Å². The molecule has 0 N–H and O–H groups in total. The Kier molecular flexibility index (Phi) is 19.0. The monoisotopic (exact) mass is 294 g/mol. The maximum absolute atomic E-state index is 4.31. The van der Waals surface area contributed by atoms with Crippen LogP contribution in [-0.4, -0.2) is 39.8 Å². The van der Waals surface area contributed by atoms with Crippen molar-refractivity contribution in [1.82, 2.24) is 0 Å². The van der Waals surface area contributed by atoms with Crippen LogP contribution < -0.4 is 0 Å². The first kappa shape index (κ1) is 17.5. The van der Waals surface area contributed by atoms with Gasteiger partial charge in [-0.1, -0.05) is 0 Å². The van der Waals surface area contributed by atoms with Crippen molar-refractivity contribution in [2.75, 3.05) is 34.5 Å². The minimum atomic E-state index is 0. The maximum Gasteiger partial charge on any atom is 0.0226 e. The molecule has 0 saturated carbocycles. The summed E-state index contributed by atoms with van der Waals surface area (Å²) in [5.74, 6) is 6.39. The zero-order valence-electron chi connectivity index (χ0n) is 7.48. The Labute approximate surface area is 114 Å². The molecule has 0 bridgehead atoms. The predicted molar refractivity (Wildman–Crippen MR) is 85.5 cm³/mol. The Bertz CT molecular complexity index is 89.1. The van der Waals surface area contributed by atoms with Gasteiger partial charge in [-0.05, 0) is 11.5 Å². The smallest absolute Gasteiger partial charge is 0.0226 e. The summed E-state index contributed by atoms with van der Waals surface area (Å²) in [5, 5.41) is 0.686. The van der Waals surface area contributed by atoms with Gasteiger partial charge in [0.25, 0.3) is 0 Å². The molecule has 0 nitrogen and oxygen atoms in total. The normalized spacial score (nSPS) is 12.2. The van der Waals surface area contributed by atoms with E-state index in [2.05, 4.69) is 37.9 Å². The van der Waals surface area contributed by atoms with E-state index in [1.54, 1.807) is 0 Å². The molecule has 0 aromatic carbocycles.